The minimum atomic E-state index is -3.16. The molecule has 0 unspecified atom stereocenters. The Kier molecular flexibility index (Phi) is 4.66. The van der Waals surface area contributed by atoms with E-state index in [1.54, 1.807) is 6.92 Å². The second-order valence-corrected chi connectivity index (χ2v) is 3.24. The van der Waals surface area contributed by atoms with E-state index in [4.69, 9.17) is 5.26 Å². The molecule has 0 aliphatic rings. The number of pyridine rings is 1. The van der Waals surface area contributed by atoms with Gasteiger partial charge in [-0.3, -0.25) is 9.78 Å². The number of hydrogen-bond donors (Lipinski definition) is 0. The number of nitrogens with zero attached hydrogens (tertiary/aromatic N) is 2. The van der Waals surface area contributed by atoms with Crippen molar-refractivity contribution in [1.82, 2.24) is 4.98 Å². The molecule has 0 saturated carbocycles. The van der Waals surface area contributed by atoms with Gasteiger partial charge < -0.3 is 4.74 Å². The van der Waals surface area contributed by atoms with E-state index in [1.165, 1.54) is 6.07 Å². The smallest absolute Gasteiger partial charge is 0.311 e. The molecule has 0 N–H and O–H groups in total. The van der Waals surface area contributed by atoms with Crippen LogP contribution in [0.25, 0.3) is 0 Å². The van der Waals surface area contributed by atoms with Crippen LogP contribution in [0, 0.1) is 17.1 Å². The van der Waals surface area contributed by atoms with Crippen LogP contribution >= 0.6 is 0 Å². The zero-order valence-corrected chi connectivity index (χ0v) is 9.41. The van der Waals surface area contributed by atoms with Gasteiger partial charge in [-0.25, -0.2) is 13.2 Å². The Morgan fingerprint density at radius 2 is 2.28 bits per heavy atom. The second-order valence-electron chi connectivity index (χ2n) is 3.24. The summed E-state index contributed by atoms with van der Waals surface area (Å²) in [6.45, 7) is 1.64. The first-order valence-corrected chi connectivity index (χ1v) is 5.02. The normalized spacial score (nSPS) is 10.2. The summed E-state index contributed by atoms with van der Waals surface area (Å²) in [6, 6.07) is 1.41. The summed E-state index contributed by atoms with van der Waals surface area (Å²) in [7, 11) is 0. The van der Waals surface area contributed by atoms with Crippen molar-refractivity contribution in [3.05, 3.63) is 28.8 Å². The topological polar surface area (TPSA) is 63.0 Å². The van der Waals surface area contributed by atoms with E-state index in [-0.39, 0.29) is 6.61 Å². The van der Waals surface area contributed by atoms with Crippen molar-refractivity contribution >= 4 is 5.97 Å². The van der Waals surface area contributed by atoms with E-state index in [0.717, 1.165) is 6.20 Å². The van der Waals surface area contributed by atoms with Gasteiger partial charge in [0.15, 0.2) is 5.82 Å². The van der Waals surface area contributed by atoms with Crippen LogP contribution in [0.3, 0.4) is 0 Å². The van der Waals surface area contributed by atoms with Crippen LogP contribution in [0.2, 0.25) is 0 Å². The lowest BCUT2D eigenvalue weighted by Gasteiger charge is -2.09. The Labute approximate surface area is 101 Å². The number of rotatable bonds is 4. The summed E-state index contributed by atoms with van der Waals surface area (Å²) in [4.78, 5) is 14.7. The maximum absolute atomic E-state index is 13.5. The molecule has 1 heterocycles. The molecule has 7 heteroatoms. The van der Waals surface area contributed by atoms with E-state index in [1.807, 2.05) is 0 Å². The van der Waals surface area contributed by atoms with Crippen molar-refractivity contribution < 1.29 is 22.7 Å². The maximum atomic E-state index is 13.5. The highest BCUT2D eigenvalue weighted by molar-refractivity contribution is 5.72. The molecule has 1 aromatic rings. The highest BCUT2D eigenvalue weighted by Gasteiger charge is 2.24. The zero-order chi connectivity index (χ0) is 13.7. The van der Waals surface area contributed by atoms with E-state index >= 15 is 0 Å². The van der Waals surface area contributed by atoms with Crippen molar-refractivity contribution in [3.63, 3.8) is 0 Å². The van der Waals surface area contributed by atoms with E-state index in [9.17, 15) is 18.0 Å². The first-order chi connectivity index (χ1) is 8.51. The van der Waals surface area contributed by atoms with Gasteiger partial charge in [-0.1, -0.05) is 0 Å². The van der Waals surface area contributed by atoms with Crippen LogP contribution in [-0.4, -0.2) is 17.6 Å². The molecule has 0 saturated heterocycles. The highest BCUT2D eigenvalue weighted by Crippen LogP contribution is 2.26. The highest BCUT2D eigenvalue weighted by atomic mass is 19.3. The van der Waals surface area contributed by atoms with Crippen LogP contribution in [0.5, 0.6) is 0 Å². The van der Waals surface area contributed by atoms with Gasteiger partial charge in [-0.05, 0) is 6.92 Å². The SMILES string of the molecule is CCOC(=O)Cc1ncc(C#N)c(F)c1C(F)F. The Bertz CT molecular complexity index is 498. The van der Waals surface area contributed by atoms with Crippen molar-refractivity contribution in [1.29, 1.82) is 5.26 Å². The fourth-order valence-electron chi connectivity index (χ4n) is 1.33. The fraction of sp³-hybridized carbons (Fsp3) is 0.364. The molecule has 0 amide bonds. The number of ether oxygens (including phenoxy) is 1. The molecule has 0 radical (unpaired) electrons. The Balaban J connectivity index is 3.17. The Morgan fingerprint density at radius 3 is 2.78 bits per heavy atom. The largest absolute Gasteiger partial charge is 0.466 e. The molecule has 96 valence electrons. The number of aromatic nitrogens is 1. The molecule has 0 aliphatic carbocycles. The minimum absolute atomic E-state index is 0.0849. The summed E-state index contributed by atoms with van der Waals surface area (Å²) in [5.74, 6) is -2.13. The molecule has 0 spiro atoms. The van der Waals surface area contributed by atoms with Crippen molar-refractivity contribution in [2.24, 2.45) is 0 Å². The lowest BCUT2D eigenvalue weighted by atomic mass is 10.1. The van der Waals surface area contributed by atoms with Crippen molar-refractivity contribution in [3.8, 4) is 6.07 Å². The Hall–Kier alpha value is -2.10. The average molecular weight is 258 g/mol. The van der Waals surface area contributed by atoms with Gasteiger partial charge in [0, 0.05) is 6.20 Å². The van der Waals surface area contributed by atoms with Crippen LogP contribution in [0.4, 0.5) is 13.2 Å². The molecule has 1 aromatic heterocycles. The standard InChI is InChI=1S/C11H9F3N2O2/c1-2-18-8(17)3-7-9(11(13)14)10(12)6(4-15)5-16-7/h5,11H,2-3H2,1H3. The van der Waals surface area contributed by atoms with Crippen molar-refractivity contribution in [2.45, 2.75) is 19.8 Å². The predicted octanol–water partition coefficient (Wildman–Crippen LogP) is 2.14. The number of hydrogen-bond acceptors (Lipinski definition) is 4. The van der Waals surface area contributed by atoms with Gasteiger partial charge in [-0.15, -0.1) is 0 Å². The summed E-state index contributed by atoms with van der Waals surface area (Å²) >= 11 is 0. The monoisotopic (exact) mass is 258 g/mol. The molecular weight excluding hydrogens is 249 g/mol. The number of alkyl halides is 2. The zero-order valence-electron chi connectivity index (χ0n) is 9.41. The third kappa shape index (κ3) is 2.97. The van der Waals surface area contributed by atoms with Crippen LogP contribution in [0.15, 0.2) is 6.20 Å². The number of carbonyl (C=O) groups is 1. The minimum Gasteiger partial charge on any atom is -0.466 e. The molecule has 0 fully saturated rings. The Morgan fingerprint density at radius 1 is 1.61 bits per heavy atom. The maximum Gasteiger partial charge on any atom is 0.311 e. The molecule has 0 atom stereocenters. The third-order valence-corrected chi connectivity index (χ3v) is 2.09. The fourth-order valence-corrected chi connectivity index (χ4v) is 1.33. The lowest BCUT2D eigenvalue weighted by Crippen LogP contribution is -2.13. The lowest BCUT2D eigenvalue weighted by molar-refractivity contribution is -0.142. The first-order valence-electron chi connectivity index (χ1n) is 5.02. The van der Waals surface area contributed by atoms with Gasteiger partial charge in [0.2, 0.25) is 0 Å². The molecule has 0 aromatic carbocycles. The van der Waals surface area contributed by atoms with Crippen LogP contribution in [-0.2, 0) is 16.0 Å². The molecule has 0 aliphatic heterocycles. The average Bonchev–Trinajstić information content (AvgIpc) is 2.29. The van der Waals surface area contributed by atoms with Gasteiger partial charge in [0.1, 0.15) is 11.6 Å². The third-order valence-electron chi connectivity index (χ3n) is 2.09. The number of carbonyl (C=O) groups excluding carboxylic acids is 1. The van der Waals surface area contributed by atoms with E-state index in [0.29, 0.717) is 0 Å². The summed E-state index contributed by atoms with van der Waals surface area (Å²) in [5, 5.41) is 8.52. The van der Waals surface area contributed by atoms with Crippen molar-refractivity contribution in [2.75, 3.05) is 6.61 Å². The number of halogens is 3. The summed E-state index contributed by atoms with van der Waals surface area (Å²) in [5.41, 5.74) is -2.03. The quantitative estimate of drug-likeness (QED) is 0.776. The molecule has 4 nitrogen and oxygen atoms in total. The van der Waals surface area contributed by atoms with Crippen LogP contribution in [0.1, 0.15) is 30.2 Å². The first kappa shape index (κ1) is 14.0. The second kappa shape index (κ2) is 6.00. The van der Waals surface area contributed by atoms with E-state index in [2.05, 4.69) is 9.72 Å². The molecule has 1 rings (SSSR count). The van der Waals surface area contributed by atoms with Crippen LogP contribution < -0.4 is 0 Å². The van der Waals surface area contributed by atoms with Gasteiger partial charge in [0.25, 0.3) is 6.43 Å². The van der Waals surface area contributed by atoms with Gasteiger partial charge >= 0.3 is 5.97 Å². The molecule has 18 heavy (non-hydrogen) atoms. The molecular formula is C11H9F3N2O2. The predicted molar refractivity (Wildman–Crippen MR) is 54.2 cm³/mol. The van der Waals surface area contributed by atoms with Gasteiger partial charge in [-0.2, -0.15) is 5.26 Å². The summed E-state index contributed by atoms with van der Waals surface area (Å²) in [6.07, 6.45) is -2.90. The summed E-state index contributed by atoms with van der Waals surface area (Å²) < 4.78 is 43.5. The van der Waals surface area contributed by atoms with E-state index < -0.39 is 41.5 Å². The molecule has 0 bridgehead atoms. The number of esters is 1. The van der Waals surface area contributed by atoms with Gasteiger partial charge in [0.05, 0.1) is 24.3 Å². The number of nitriles is 1.